The number of likely N-dealkylation sites (tertiary alicyclic amines) is 3. The van der Waals surface area contributed by atoms with E-state index in [1.807, 2.05) is 18.2 Å². The van der Waals surface area contributed by atoms with Crippen molar-refractivity contribution in [2.45, 2.75) is 57.5 Å². The van der Waals surface area contributed by atoms with Gasteiger partial charge in [0.1, 0.15) is 0 Å². The first kappa shape index (κ1) is 20.4. The summed E-state index contributed by atoms with van der Waals surface area (Å²) >= 11 is 0. The Bertz CT molecular complexity index is 727. The topological polar surface area (TPSA) is 43.9 Å². The smallest absolute Gasteiger partial charge is 0.230 e. The van der Waals surface area contributed by atoms with E-state index in [0.29, 0.717) is 24.8 Å². The number of rotatable bonds is 5. The standard InChI is InChI=1S/C24H35N3O2/c1-17(2)23(19-7-5-4-6-8-19)24(29)27-16-20-14-21(27)15-26(20)22(28)13-18-9-11-25(3)12-10-18/h4-8,17-18,20-21,23H,9-16H2,1-3H3/t20-,21-,23?/m0/s1. The number of piperidine rings is 1. The van der Waals surface area contributed by atoms with Crippen LogP contribution >= 0.6 is 0 Å². The highest BCUT2D eigenvalue weighted by atomic mass is 16.2. The molecule has 3 atom stereocenters. The van der Waals surface area contributed by atoms with E-state index in [-0.39, 0.29) is 29.8 Å². The van der Waals surface area contributed by atoms with Crippen molar-refractivity contribution in [3.63, 3.8) is 0 Å². The summed E-state index contributed by atoms with van der Waals surface area (Å²) in [4.78, 5) is 32.9. The SMILES string of the molecule is CC(C)C(C(=O)N1C[C@@H]2C[C@H]1CN2C(=O)CC1CCN(C)CC1)c1ccccc1. The summed E-state index contributed by atoms with van der Waals surface area (Å²) in [5, 5.41) is 0. The summed E-state index contributed by atoms with van der Waals surface area (Å²) in [7, 11) is 2.16. The van der Waals surface area contributed by atoms with Crippen molar-refractivity contribution in [3.05, 3.63) is 35.9 Å². The van der Waals surface area contributed by atoms with E-state index in [0.717, 1.165) is 44.5 Å². The molecule has 0 aliphatic carbocycles. The van der Waals surface area contributed by atoms with E-state index in [4.69, 9.17) is 0 Å². The molecule has 3 aliphatic rings. The predicted octanol–water partition coefficient (Wildman–Crippen LogP) is 2.97. The van der Waals surface area contributed by atoms with E-state index in [1.54, 1.807) is 0 Å². The first-order valence-electron chi connectivity index (χ1n) is 11.3. The van der Waals surface area contributed by atoms with Gasteiger partial charge < -0.3 is 14.7 Å². The molecule has 2 bridgehead atoms. The lowest BCUT2D eigenvalue weighted by atomic mass is 9.87. The van der Waals surface area contributed by atoms with Gasteiger partial charge in [0.2, 0.25) is 11.8 Å². The minimum atomic E-state index is -0.0982. The molecule has 2 amide bonds. The molecule has 5 nitrogen and oxygen atoms in total. The van der Waals surface area contributed by atoms with Crippen molar-refractivity contribution in [1.82, 2.24) is 14.7 Å². The van der Waals surface area contributed by atoms with E-state index < -0.39 is 0 Å². The monoisotopic (exact) mass is 397 g/mol. The van der Waals surface area contributed by atoms with Crippen LogP contribution in [-0.2, 0) is 9.59 Å². The lowest BCUT2D eigenvalue weighted by molar-refractivity contribution is -0.142. The summed E-state index contributed by atoms with van der Waals surface area (Å²) in [6.07, 6.45) is 3.89. The molecule has 29 heavy (non-hydrogen) atoms. The maximum absolute atomic E-state index is 13.4. The van der Waals surface area contributed by atoms with Gasteiger partial charge in [-0.2, -0.15) is 0 Å². The number of hydrogen-bond acceptors (Lipinski definition) is 3. The average molecular weight is 398 g/mol. The van der Waals surface area contributed by atoms with E-state index >= 15 is 0 Å². The van der Waals surface area contributed by atoms with Crippen molar-refractivity contribution in [1.29, 1.82) is 0 Å². The van der Waals surface area contributed by atoms with Gasteiger partial charge in [-0.15, -0.1) is 0 Å². The fraction of sp³-hybridized carbons (Fsp3) is 0.667. The third kappa shape index (κ3) is 4.20. The summed E-state index contributed by atoms with van der Waals surface area (Å²) < 4.78 is 0. The molecular formula is C24H35N3O2. The molecule has 0 N–H and O–H groups in total. The zero-order chi connectivity index (χ0) is 20.5. The molecule has 4 rings (SSSR count). The van der Waals surface area contributed by atoms with Crippen molar-refractivity contribution >= 4 is 11.8 Å². The molecule has 0 spiro atoms. The molecule has 0 saturated carbocycles. The zero-order valence-electron chi connectivity index (χ0n) is 18.1. The van der Waals surface area contributed by atoms with Crippen LogP contribution in [0.15, 0.2) is 30.3 Å². The van der Waals surface area contributed by atoms with Gasteiger partial charge >= 0.3 is 0 Å². The van der Waals surface area contributed by atoms with Crippen LogP contribution < -0.4 is 0 Å². The highest BCUT2D eigenvalue weighted by Gasteiger charge is 2.48. The van der Waals surface area contributed by atoms with Crippen molar-refractivity contribution < 1.29 is 9.59 Å². The van der Waals surface area contributed by atoms with E-state index in [2.05, 4.69) is 47.7 Å². The van der Waals surface area contributed by atoms with Gasteiger partial charge in [-0.3, -0.25) is 9.59 Å². The van der Waals surface area contributed by atoms with Gasteiger partial charge in [0, 0.05) is 19.5 Å². The lowest BCUT2D eigenvalue weighted by Crippen LogP contribution is -2.52. The summed E-state index contributed by atoms with van der Waals surface area (Å²) in [5.41, 5.74) is 1.10. The summed E-state index contributed by atoms with van der Waals surface area (Å²) in [6.45, 7) is 7.88. The molecule has 158 valence electrons. The number of piperazine rings is 1. The minimum absolute atomic E-state index is 0.0982. The third-order valence-electron chi connectivity index (χ3n) is 7.24. The van der Waals surface area contributed by atoms with Crippen molar-refractivity contribution in [3.8, 4) is 0 Å². The fourth-order valence-corrected chi connectivity index (χ4v) is 5.52. The molecule has 5 heteroatoms. The first-order valence-corrected chi connectivity index (χ1v) is 11.3. The molecule has 0 aromatic heterocycles. The van der Waals surface area contributed by atoms with Crippen LogP contribution in [0.25, 0.3) is 0 Å². The number of fused-ring (bicyclic) bond motifs is 2. The second-order valence-electron chi connectivity index (χ2n) is 9.66. The summed E-state index contributed by atoms with van der Waals surface area (Å²) in [5.74, 6) is 1.23. The van der Waals surface area contributed by atoms with E-state index in [1.165, 1.54) is 0 Å². The van der Waals surface area contributed by atoms with Crippen LogP contribution in [0.5, 0.6) is 0 Å². The number of benzene rings is 1. The Morgan fingerprint density at radius 2 is 1.62 bits per heavy atom. The zero-order valence-corrected chi connectivity index (χ0v) is 18.1. The Kier molecular flexibility index (Phi) is 5.95. The molecule has 3 saturated heterocycles. The second kappa shape index (κ2) is 8.47. The number of amides is 2. The Labute approximate surface area is 175 Å². The normalized spacial score (nSPS) is 26.3. The highest BCUT2D eigenvalue weighted by Crippen LogP contribution is 2.36. The Morgan fingerprint density at radius 3 is 2.21 bits per heavy atom. The molecule has 1 aromatic carbocycles. The highest BCUT2D eigenvalue weighted by molar-refractivity contribution is 5.85. The molecule has 0 radical (unpaired) electrons. The molecule has 3 fully saturated rings. The Morgan fingerprint density at radius 1 is 1.00 bits per heavy atom. The quantitative estimate of drug-likeness (QED) is 0.767. The van der Waals surface area contributed by atoms with Crippen LogP contribution in [0.2, 0.25) is 0 Å². The van der Waals surface area contributed by atoms with Gasteiger partial charge in [0.05, 0.1) is 18.0 Å². The van der Waals surface area contributed by atoms with Gasteiger partial charge in [-0.1, -0.05) is 44.2 Å². The average Bonchev–Trinajstić information content (AvgIpc) is 3.31. The van der Waals surface area contributed by atoms with Crippen molar-refractivity contribution in [2.75, 3.05) is 33.2 Å². The van der Waals surface area contributed by atoms with Gasteiger partial charge in [0.25, 0.3) is 0 Å². The van der Waals surface area contributed by atoms with Crippen molar-refractivity contribution in [2.24, 2.45) is 11.8 Å². The molecule has 3 heterocycles. The maximum atomic E-state index is 13.4. The molecule has 1 unspecified atom stereocenters. The number of carbonyl (C=O) groups excluding carboxylic acids is 2. The minimum Gasteiger partial charge on any atom is -0.336 e. The fourth-order valence-electron chi connectivity index (χ4n) is 5.52. The lowest BCUT2D eigenvalue weighted by Gasteiger charge is -2.38. The third-order valence-corrected chi connectivity index (χ3v) is 7.24. The van der Waals surface area contributed by atoms with Crippen LogP contribution in [-0.4, -0.2) is 71.8 Å². The van der Waals surface area contributed by atoms with Gasteiger partial charge in [-0.25, -0.2) is 0 Å². The van der Waals surface area contributed by atoms with Crippen LogP contribution in [0, 0.1) is 11.8 Å². The largest absolute Gasteiger partial charge is 0.336 e. The molecular weight excluding hydrogens is 362 g/mol. The first-order chi connectivity index (χ1) is 13.9. The summed E-state index contributed by atoms with van der Waals surface area (Å²) in [6, 6.07) is 10.6. The predicted molar refractivity (Wildman–Crippen MR) is 114 cm³/mol. The van der Waals surface area contributed by atoms with Gasteiger partial charge in [0.15, 0.2) is 0 Å². The van der Waals surface area contributed by atoms with Gasteiger partial charge in [-0.05, 0) is 56.8 Å². The Hall–Kier alpha value is -1.88. The molecule has 3 aliphatic heterocycles. The van der Waals surface area contributed by atoms with Crippen LogP contribution in [0.1, 0.15) is 51.0 Å². The Balaban J connectivity index is 1.37. The second-order valence-corrected chi connectivity index (χ2v) is 9.66. The number of hydrogen-bond donors (Lipinski definition) is 0. The van der Waals surface area contributed by atoms with E-state index in [9.17, 15) is 9.59 Å². The number of nitrogens with zero attached hydrogens (tertiary/aromatic N) is 3. The van der Waals surface area contributed by atoms with Crippen LogP contribution in [0.4, 0.5) is 0 Å². The van der Waals surface area contributed by atoms with Crippen LogP contribution in [0.3, 0.4) is 0 Å². The maximum Gasteiger partial charge on any atom is 0.230 e. The molecule has 1 aromatic rings. The number of carbonyl (C=O) groups is 2.